The summed E-state index contributed by atoms with van der Waals surface area (Å²) in [5.41, 5.74) is 2.44. The molecular formula is C15H16FN. The first-order valence-electron chi connectivity index (χ1n) is 5.86. The zero-order valence-electron chi connectivity index (χ0n) is 10.2. The Kier molecular flexibility index (Phi) is 3.52. The molecule has 0 radical (unpaired) electrons. The summed E-state index contributed by atoms with van der Waals surface area (Å²) >= 11 is 0. The summed E-state index contributed by atoms with van der Waals surface area (Å²) in [6.45, 7) is 4.34. The molecule has 0 aliphatic heterocycles. The van der Waals surface area contributed by atoms with Crippen molar-refractivity contribution in [3.05, 3.63) is 54.0 Å². The van der Waals surface area contributed by atoms with E-state index < -0.39 is 0 Å². The number of nitrogens with zero attached hydrogens (tertiary/aromatic N) is 1. The average Bonchev–Trinajstić information content (AvgIpc) is 2.30. The van der Waals surface area contributed by atoms with Crippen molar-refractivity contribution in [3.63, 3.8) is 0 Å². The minimum Gasteiger partial charge on any atom is -0.256 e. The van der Waals surface area contributed by atoms with E-state index in [0.717, 1.165) is 6.42 Å². The van der Waals surface area contributed by atoms with E-state index >= 15 is 0 Å². The highest BCUT2D eigenvalue weighted by Crippen LogP contribution is 2.20. The van der Waals surface area contributed by atoms with Gasteiger partial charge in [-0.2, -0.15) is 0 Å². The van der Waals surface area contributed by atoms with E-state index in [1.54, 1.807) is 12.1 Å². The van der Waals surface area contributed by atoms with Crippen LogP contribution in [0.2, 0.25) is 0 Å². The first kappa shape index (κ1) is 11.8. The number of pyridine rings is 1. The smallest absolute Gasteiger partial charge is 0.132 e. The third kappa shape index (κ3) is 2.90. The predicted octanol–water partition coefficient (Wildman–Crippen LogP) is 4.09. The Morgan fingerprint density at radius 3 is 2.47 bits per heavy atom. The fourth-order valence-corrected chi connectivity index (χ4v) is 1.84. The lowest BCUT2D eigenvalue weighted by molar-refractivity contribution is 0.630. The van der Waals surface area contributed by atoms with Crippen molar-refractivity contribution < 1.29 is 4.39 Å². The first-order chi connectivity index (χ1) is 8.16. The molecule has 0 aliphatic carbocycles. The summed E-state index contributed by atoms with van der Waals surface area (Å²) in [5, 5.41) is 0. The van der Waals surface area contributed by atoms with Gasteiger partial charge in [-0.25, -0.2) is 4.39 Å². The zero-order chi connectivity index (χ0) is 12.3. The predicted molar refractivity (Wildman–Crippen MR) is 68.2 cm³/mol. The molecule has 2 aromatic rings. The van der Waals surface area contributed by atoms with E-state index in [2.05, 4.69) is 18.8 Å². The Bertz CT molecular complexity index is 489. The van der Waals surface area contributed by atoms with Crippen LogP contribution in [-0.2, 0) is 6.42 Å². The van der Waals surface area contributed by atoms with E-state index in [4.69, 9.17) is 0 Å². The third-order valence-electron chi connectivity index (χ3n) is 2.62. The lowest BCUT2D eigenvalue weighted by atomic mass is 10.0. The molecule has 1 aromatic heterocycles. The maximum absolute atomic E-state index is 13.5. The number of hydrogen-bond acceptors (Lipinski definition) is 1. The second-order valence-corrected chi connectivity index (χ2v) is 4.63. The molecule has 0 amide bonds. The highest BCUT2D eigenvalue weighted by Gasteiger charge is 2.05. The van der Waals surface area contributed by atoms with Crippen molar-refractivity contribution in [1.29, 1.82) is 0 Å². The van der Waals surface area contributed by atoms with Gasteiger partial charge in [0.2, 0.25) is 0 Å². The SMILES string of the molecule is CC(C)Cc1ccc(-c2ccccc2F)nc1. The second-order valence-electron chi connectivity index (χ2n) is 4.63. The molecule has 0 saturated heterocycles. The van der Waals surface area contributed by atoms with Crippen molar-refractivity contribution >= 4 is 0 Å². The van der Waals surface area contributed by atoms with Crippen molar-refractivity contribution in [3.8, 4) is 11.3 Å². The molecule has 0 fully saturated rings. The van der Waals surface area contributed by atoms with Crippen LogP contribution in [-0.4, -0.2) is 4.98 Å². The largest absolute Gasteiger partial charge is 0.256 e. The van der Waals surface area contributed by atoms with E-state index in [1.807, 2.05) is 24.4 Å². The Labute approximate surface area is 101 Å². The fraction of sp³-hybridized carbons (Fsp3) is 0.267. The molecule has 2 rings (SSSR count). The maximum atomic E-state index is 13.5. The number of aromatic nitrogens is 1. The van der Waals surface area contributed by atoms with E-state index in [9.17, 15) is 4.39 Å². The van der Waals surface area contributed by atoms with Crippen LogP contribution < -0.4 is 0 Å². The summed E-state index contributed by atoms with van der Waals surface area (Å²) in [6.07, 6.45) is 2.84. The molecule has 0 saturated carbocycles. The van der Waals surface area contributed by atoms with Gasteiger partial charge in [-0.1, -0.05) is 32.0 Å². The maximum Gasteiger partial charge on any atom is 0.132 e. The first-order valence-corrected chi connectivity index (χ1v) is 5.86. The molecule has 1 aromatic carbocycles. The third-order valence-corrected chi connectivity index (χ3v) is 2.62. The minimum atomic E-state index is -0.225. The number of hydrogen-bond donors (Lipinski definition) is 0. The van der Waals surface area contributed by atoms with Crippen LogP contribution in [0.15, 0.2) is 42.6 Å². The van der Waals surface area contributed by atoms with Gasteiger partial charge in [0.05, 0.1) is 5.69 Å². The van der Waals surface area contributed by atoms with Gasteiger partial charge < -0.3 is 0 Å². The molecule has 0 atom stereocenters. The molecule has 2 heteroatoms. The van der Waals surface area contributed by atoms with Crippen LogP contribution in [0.25, 0.3) is 11.3 Å². The van der Waals surface area contributed by atoms with Gasteiger partial charge in [-0.05, 0) is 36.1 Å². The van der Waals surface area contributed by atoms with Crippen molar-refractivity contribution in [2.45, 2.75) is 20.3 Å². The van der Waals surface area contributed by atoms with Crippen LogP contribution in [0.1, 0.15) is 19.4 Å². The summed E-state index contributed by atoms with van der Waals surface area (Å²) in [6, 6.07) is 10.6. The van der Waals surface area contributed by atoms with Crippen molar-refractivity contribution in [2.75, 3.05) is 0 Å². The topological polar surface area (TPSA) is 12.9 Å². The van der Waals surface area contributed by atoms with Crippen LogP contribution in [0.4, 0.5) is 4.39 Å². The molecule has 0 aliphatic rings. The van der Waals surface area contributed by atoms with Crippen LogP contribution in [0.5, 0.6) is 0 Å². The summed E-state index contributed by atoms with van der Waals surface area (Å²) in [4.78, 5) is 4.32. The molecule has 1 nitrogen and oxygen atoms in total. The van der Waals surface area contributed by atoms with E-state index in [0.29, 0.717) is 17.2 Å². The fourth-order valence-electron chi connectivity index (χ4n) is 1.84. The van der Waals surface area contributed by atoms with Gasteiger partial charge in [-0.15, -0.1) is 0 Å². The number of rotatable bonds is 3. The lowest BCUT2D eigenvalue weighted by Crippen LogP contribution is -1.95. The molecule has 88 valence electrons. The number of benzene rings is 1. The molecular weight excluding hydrogens is 213 g/mol. The van der Waals surface area contributed by atoms with Gasteiger partial charge in [0.25, 0.3) is 0 Å². The summed E-state index contributed by atoms with van der Waals surface area (Å²) in [5.74, 6) is 0.382. The quantitative estimate of drug-likeness (QED) is 0.772. The molecule has 0 spiro atoms. The van der Waals surface area contributed by atoms with Gasteiger partial charge in [0.15, 0.2) is 0 Å². The van der Waals surface area contributed by atoms with Gasteiger partial charge in [-0.3, -0.25) is 4.98 Å². The van der Waals surface area contributed by atoms with Crippen LogP contribution in [0, 0.1) is 11.7 Å². The monoisotopic (exact) mass is 229 g/mol. The van der Waals surface area contributed by atoms with Gasteiger partial charge in [0, 0.05) is 11.8 Å². The van der Waals surface area contributed by atoms with E-state index in [-0.39, 0.29) is 5.82 Å². The van der Waals surface area contributed by atoms with Crippen molar-refractivity contribution in [1.82, 2.24) is 4.98 Å². The van der Waals surface area contributed by atoms with Crippen LogP contribution >= 0.6 is 0 Å². The minimum absolute atomic E-state index is 0.225. The zero-order valence-corrected chi connectivity index (χ0v) is 10.2. The second kappa shape index (κ2) is 5.09. The van der Waals surface area contributed by atoms with Crippen LogP contribution in [0.3, 0.4) is 0 Å². The molecule has 0 unspecified atom stereocenters. The van der Waals surface area contributed by atoms with Gasteiger partial charge in [0.1, 0.15) is 5.82 Å². The molecule has 0 N–H and O–H groups in total. The van der Waals surface area contributed by atoms with Gasteiger partial charge >= 0.3 is 0 Å². The normalized spacial score (nSPS) is 10.8. The van der Waals surface area contributed by atoms with E-state index in [1.165, 1.54) is 11.6 Å². The molecule has 17 heavy (non-hydrogen) atoms. The van der Waals surface area contributed by atoms with Crippen molar-refractivity contribution in [2.24, 2.45) is 5.92 Å². The highest BCUT2D eigenvalue weighted by molar-refractivity contribution is 5.59. The lowest BCUT2D eigenvalue weighted by Gasteiger charge is -2.06. The highest BCUT2D eigenvalue weighted by atomic mass is 19.1. The summed E-state index contributed by atoms with van der Waals surface area (Å²) < 4.78 is 13.5. The Hall–Kier alpha value is -1.70. The standard InChI is InChI=1S/C15H16FN/c1-11(2)9-12-7-8-15(17-10-12)13-5-3-4-6-14(13)16/h3-8,10-11H,9H2,1-2H3. The molecule has 1 heterocycles. The average molecular weight is 229 g/mol. The Balaban J connectivity index is 2.27. The summed E-state index contributed by atoms with van der Waals surface area (Å²) in [7, 11) is 0. The Morgan fingerprint density at radius 2 is 1.88 bits per heavy atom. The Morgan fingerprint density at radius 1 is 1.12 bits per heavy atom. The molecule has 0 bridgehead atoms. The number of halogens is 1.